The highest BCUT2D eigenvalue weighted by atomic mass is 19.4. The highest BCUT2D eigenvalue weighted by Gasteiger charge is 2.37. The predicted octanol–water partition coefficient (Wildman–Crippen LogP) is 6.81. The lowest BCUT2D eigenvalue weighted by atomic mass is 9.83. The monoisotopic (exact) mass is 592 g/mol. The van der Waals surface area contributed by atoms with E-state index < -0.39 is 23.6 Å². The van der Waals surface area contributed by atoms with Gasteiger partial charge >= 0.3 is 12.1 Å². The molecular weight excluding hydrogens is 557 g/mol. The van der Waals surface area contributed by atoms with Crippen molar-refractivity contribution in [3.8, 4) is 0 Å². The first-order valence-electron chi connectivity index (χ1n) is 14.3. The zero-order chi connectivity index (χ0) is 31.1. The van der Waals surface area contributed by atoms with Gasteiger partial charge in [-0.15, -0.1) is 0 Å². The average Bonchev–Trinajstić information content (AvgIpc) is 2.98. The highest BCUT2D eigenvalue weighted by Crippen LogP contribution is 2.39. The van der Waals surface area contributed by atoms with E-state index in [4.69, 9.17) is 4.74 Å². The molecule has 1 heterocycles. The molecule has 0 fully saturated rings. The van der Waals surface area contributed by atoms with Crippen LogP contribution >= 0.6 is 0 Å². The van der Waals surface area contributed by atoms with Gasteiger partial charge in [-0.2, -0.15) is 13.2 Å². The van der Waals surface area contributed by atoms with Gasteiger partial charge in [-0.1, -0.05) is 54.6 Å². The molecule has 0 spiro atoms. The number of nitrogens with zero attached hydrogens (tertiary/aromatic N) is 1. The van der Waals surface area contributed by atoms with E-state index in [1.807, 2.05) is 25.1 Å². The molecule has 0 saturated carbocycles. The summed E-state index contributed by atoms with van der Waals surface area (Å²) in [5, 5.41) is 3.03. The number of rotatable bonds is 10. The summed E-state index contributed by atoms with van der Waals surface area (Å²) in [6.07, 6.45) is -3.01. The Hall–Kier alpha value is -4.40. The Morgan fingerprint density at radius 2 is 1.67 bits per heavy atom. The molecule has 0 radical (unpaired) electrons. The van der Waals surface area contributed by atoms with Crippen molar-refractivity contribution in [2.75, 3.05) is 6.61 Å². The number of benzene rings is 3. The van der Waals surface area contributed by atoms with Crippen molar-refractivity contribution in [2.45, 2.75) is 64.7 Å². The number of aryl methyl sites for hydroxylation is 1. The topological polar surface area (TPSA) is 75.7 Å². The van der Waals surface area contributed by atoms with Gasteiger partial charge < -0.3 is 15.0 Å². The normalized spacial score (nSPS) is 16.2. The fourth-order valence-corrected chi connectivity index (χ4v) is 5.27. The lowest BCUT2D eigenvalue weighted by molar-refractivity contribution is -0.140. The number of ether oxygens (including phenoxy) is 1. The van der Waals surface area contributed by atoms with E-state index in [9.17, 15) is 27.6 Å². The number of allylic oxidation sites excluding steroid dienone is 1. The molecule has 0 aromatic heterocycles. The van der Waals surface area contributed by atoms with Crippen LogP contribution < -0.4 is 5.32 Å². The molecule has 1 aliphatic rings. The number of carbonyl (C=O) groups excluding carboxylic acids is 3. The Morgan fingerprint density at radius 1 is 1.00 bits per heavy atom. The summed E-state index contributed by atoms with van der Waals surface area (Å²) in [7, 11) is 0. The van der Waals surface area contributed by atoms with Crippen LogP contribution in [0.2, 0.25) is 0 Å². The number of nitrogens with one attached hydrogen (secondary N) is 1. The Bertz CT molecular complexity index is 1480. The molecule has 3 aromatic carbocycles. The van der Waals surface area contributed by atoms with Crippen molar-refractivity contribution in [3.63, 3.8) is 0 Å². The maximum Gasteiger partial charge on any atom is 0.416 e. The molecule has 6 nitrogen and oxygen atoms in total. The van der Waals surface area contributed by atoms with Crippen LogP contribution in [0.4, 0.5) is 13.2 Å². The SMILES string of the molecule is CCOC(=O)C1=C(C)N(Cc2cccc(C(=O)NC(C)CCc3ccccc3)c2)C(=O)CC1c1ccc(C(F)(F)F)cc1. The van der Waals surface area contributed by atoms with Crippen molar-refractivity contribution >= 4 is 17.8 Å². The standard InChI is InChI=1S/C34H35F3N2O4/c1-4-43-33(42)31-23(3)39(30(40)20-29(31)26-15-17-28(18-16-26)34(35,36)37)21-25-11-8-12-27(19-25)32(41)38-22(2)13-14-24-9-6-5-7-10-24/h5-12,15-19,22,29H,4,13-14,20-21H2,1-3H3,(H,38,41). The Balaban J connectivity index is 1.52. The number of esters is 1. The van der Waals surface area contributed by atoms with Crippen LogP contribution in [0.3, 0.4) is 0 Å². The fraction of sp³-hybridized carbons (Fsp3) is 0.324. The molecule has 2 atom stereocenters. The molecule has 226 valence electrons. The number of hydrogen-bond acceptors (Lipinski definition) is 4. The largest absolute Gasteiger partial charge is 0.463 e. The lowest BCUT2D eigenvalue weighted by Crippen LogP contribution is -2.38. The summed E-state index contributed by atoms with van der Waals surface area (Å²) in [5.74, 6) is -1.89. The first kappa shape index (κ1) is 31.5. The minimum atomic E-state index is -4.50. The molecule has 43 heavy (non-hydrogen) atoms. The fourth-order valence-electron chi connectivity index (χ4n) is 5.27. The number of halogens is 3. The van der Waals surface area contributed by atoms with Crippen LogP contribution in [-0.2, 0) is 33.5 Å². The van der Waals surface area contributed by atoms with Gasteiger partial charge in [0, 0.05) is 29.6 Å². The van der Waals surface area contributed by atoms with Gasteiger partial charge in [-0.3, -0.25) is 9.59 Å². The van der Waals surface area contributed by atoms with Crippen LogP contribution in [0.25, 0.3) is 0 Å². The van der Waals surface area contributed by atoms with Gasteiger partial charge in [0.15, 0.2) is 0 Å². The van der Waals surface area contributed by atoms with Gasteiger partial charge in [-0.05, 0) is 74.6 Å². The van der Waals surface area contributed by atoms with Crippen LogP contribution in [0.15, 0.2) is 90.1 Å². The van der Waals surface area contributed by atoms with Crippen molar-refractivity contribution in [3.05, 3.63) is 118 Å². The second-order valence-corrected chi connectivity index (χ2v) is 10.7. The van der Waals surface area contributed by atoms with E-state index in [1.165, 1.54) is 22.6 Å². The van der Waals surface area contributed by atoms with Gasteiger partial charge in [0.05, 0.1) is 24.3 Å². The maximum absolute atomic E-state index is 13.4. The van der Waals surface area contributed by atoms with Crippen LogP contribution in [0.1, 0.15) is 72.1 Å². The van der Waals surface area contributed by atoms with E-state index in [0.717, 1.165) is 25.0 Å². The summed E-state index contributed by atoms with van der Waals surface area (Å²) in [6, 6.07) is 21.4. The zero-order valence-corrected chi connectivity index (χ0v) is 24.4. The third-order valence-corrected chi connectivity index (χ3v) is 7.57. The second-order valence-electron chi connectivity index (χ2n) is 10.7. The van der Waals surface area contributed by atoms with Crippen molar-refractivity contribution in [2.24, 2.45) is 0 Å². The van der Waals surface area contributed by atoms with E-state index >= 15 is 0 Å². The summed E-state index contributed by atoms with van der Waals surface area (Å²) in [5.41, 5.74) is 2.53. The molecule has 0 bridgehead atoms. The van der Waals surface area contributed by atoms with Gasteiger partial charge in [0.2, 0.25) is 5.91 Å². The maximum atomic E-state index is 13.4. The van der Waals surface area contributed by atoms with Gasteiger partial charge in [0.1, 0.15) is 0 Å². The molecule has 1 N–H and O–H groups in total. The van der Waals surface area contributed by atoms with E-state index in [1.54, 1.807) is 38.1 Å². The third-order valence-electron chi connectivity index (χ3n) is 7.57. The molecule has 9 heteroatoms. The molecule has 0 saturated heterocycles. The van der Waals surface area contributed by atoms with Crippen LogP contribution in [0, 0.1) is 0 Å². The molecule has 4 rings (SSSR count). The van der Waals surface area contributed by atoms with Gasteiger partial charge in [0.25, 0.3) is 5.91 Å². The number of alkyl halides is 3. The minimum absolute atomic E-state index is 0.0560. The van der Waals surface area contributed by atoms with Crippen LogP contribution in [0.5, 0.6) is 0 Å². The second kappa shape index (κ2) is 13.7. The third kappa shape index (κ3) is 7.91. The summed E-state index contributed by atoms with van der Waals surface area (Å²) < 4.78 is 44.6. The number of hydrogen-bond donors (Lipinski definition) is 1. The smallest absolute Gasteiger partial charge is 0.416 e. The first-order chi connectivity index (χ1) is 20.5. The number of amides is 2. The van der Waals surface area contributed by atoms with Crippen LogP contribution in [-0.4, -0.2) is 35.3 Å². The van der Waals surface area contributed by atoms with Crippen molar-refractivity contribution in [1.29, 1.82) is 0 Å². The quantitative estimate of drug-likeness (QED) is 0.263. The van der Waals surface area contributed by atoms with E-state index in [2.05, 4.69) is 17.4 Å². The Morgan fingerprint density at radius 3 is 2.33 bits per heavy atom. The Kier molecular flexibility index (Phi) is 10.1. The van der Waals surface area contributed by atoms with Crippen molar-refractivity contribution in [1.82, 2.24) is 10.2 Å². The molecule has 3 aromatic rings. The van der Waals surface area contributed by atoms with Gasteiger partial charge in [-0.25, -0.2) is 4.79 Å². The summed E-state index contributed by atoms with van der Waals surface area (Å²) in [6.45, 7) is 5.45. The summed E-state index contributed by atoms with van der Waals surface area (Å²) >= 11 is 0. The highest BCUT2D eigenvalue weighted by molar-refractivity contribution is 5.96. The van der Waals surface area contributed by atoms with Crippen molar-refractivity contribution < 1.29 is 32.3 Å². The predicted molar refractivity (Wildman–Crippen MR) is 157 cm³/mol. The minimum Gasteiger partial charge on any atom is -0.463 e. The van der Waals surface area contributed by atoms with E-state index in [-0.39, 0.29) is 43.0 Å². The molecular formula is C34H35F3N2O4. The number of carbonyl (C=O) groups is 3. The zero-order valence-electron chi connectivity index (χ0n) is 24.4. The molecule has 2 amide bonds. The Labute approximate surface area is 249 Å². The summed E-state index contributed by atoms with van der Waals surface area (Å²) in [4.78, 5) is 40.9. The molecule has 0 aliphatic carbocycles. The molecule has 2 unspecified atom stereocenters. The molecule has 1 aliphatic heterocycles. The van der Waals surface area contributed by atoms with E-state index in [0.29, 0.717) is 22.4 Å². The lowest BCUT2D eigenvalue weighted by Gasteiger charge is -2.34. The first-order valence-corrected chi connectivity index (χ1v) is 14.3. The average molecular weight is 593 g/mol.